The van der Waals surface area contributed by atoms with Crippen molar-refractivity contribution < 1.29 is 13.2 Å². The summed E-state index contributed by atoms with van der Waals surface area (Å²) in [6.07, 6.45) is 0. The van der Waals surface area contributed by atoms with E-state index in [-0.39, 0.29) is 22.8 Å². The highest BCUT2D eigenvalue weighted by molar-refractivity contribution is 7.92. The number of benzene rings is 1. The lowest BCUT2D eigenvalue weighted by atomic mass is 10.1. The van der Waals surface area contributed by atoms with Crippen molar-refractivity contribution in [3.63, 3.8) is 0 Å². The number of carbonyl (C=O) groups is 1. The fourth-order valence-corrected chi connectivity index (χ4v) is 3.56. The van der Waals surface area contributed by atoms with Gasteiger partial charge in [0.25, 0.3) is 21.0 Å². The number of para-hydroxylation sites is 1. The van der Waals surface area contributed by atoms with Crippen molar-refractivity contribution in [2.24, 2.45) is 0 Å². The number of nitrogens with one attached hydrogen (secondary N) is 1. The van der Waals surface area contributed by atoms with Gasteiger partial charge in [0, 0.05) is 17.0 Å². The van der Waals surface area contributed by atoms with E-state index < -0.39 is 15.2 Å². The Hall–Kier alpha value is -2.81. The smallest absolute Gasteiger partial charge is 0.294 e. The van der Waals surface area contributed by atoms with Gasteiger partial charge in [-0.15, -0.1) is 5.10 Å². The first kappa shape index (κ1) is 20.5. The summed E-state index contributed by atoms with van der Waals surface area (Å²) in [4.78, 5) is 20.0. The van der Waals surface area contributed by atoms with Crippen LogP contribution < -0.4 is 4.72 Å². The average Bonchev–Trinajstić information content (AvgIpc) is 3.03. The van der Waals surface area contributed by atoms with Crippen LogP contribution in [0.2, 0.25) is 0 Å². The molecule has 0 saturated carbocycles. The standard InChI is InChI=1S/C16H17N5O3S.C2H6/c1-9-6-5-7-13(12(4)22)14(9)20-25(23,24)16-18-15-17-10(2)8-11(3)21(15)19-16;1-2/h5-8,20H,1-4H3;1-2H3. The van der Waals surface area contributed by atoms with Crippen molar-refractivity contribution in [2.75, 3.05) is 4.72 Å². The van der Waals surface area contributed by atoms with Crippen LogP contribution in [0.15, 0.2) is 29.4 Å². The molecule has 9 heteroatoms. The van der Waals surface area contributed by atoms with Crippen molar-refractivity contribution in [1.29, 1.82) is 0 Å². The molecule has 3 rings (SSSR count). The lowest BCUT2D eigenvalue weighted by Gasteiger charge is -2.11. The summed E-state index contributed by atoms with van der Waals surface area (Å²) in [7, 11) is -4.07. The summed E-state index contributed by atoms with van der Waals surface area (Å²) in [6, 6.07) is 6.76. The summed E-state index contributed by atoms with van der Waals surface area (Å²) < 4.78 is 29.2. The fourth-order valence-electron chi connectivity index (χ4n) is 2.54. The molecule has 0 unspecified atom stereocenters. The molecule has 0 radical (unpaired) electrons. The number of anilines is 1. The fraction of sp³-hybridized carbons (Fsp3) is 0.333. The van der Waals surface area contributed by atoms with Gasteiger partial charge >= 0.3 is 0 Å². The van der Waals surface area contributed by atoms with Gasteiger partial charge in [0.15, 0.2) is 5.78 Å². The van der Waals surface area contributed by atoms with Crippen LogP contribution in [-0.2, 0) is 10.0 Å². The predicted octanol–water partition coefficient (Wildman–Crippen LogP) is 3.08. The Balaban J connectivity index is 0.00000126. The third kappa shape index (κ3) is 4.13. The monoisotopic (exact) mass is 389 g/mol. The number of hydrogen-bond acceptors (Lipinski definition) is 6. The Labute approximate surface area is 158 Å². The number of hydrogen-bond donors (Lipinski definition) is 1. The van der Waals surface area contributed by atoms with E-state index in [1.165, 1.54) is 11.4 Å². The van der Waals surface area contributed by atoms with Crippen LogP contribution in [0.5, 0.6) is 0 Å². The Kier molecular flexibility index (Phi) is 5.94. The molecule has 0 atom stereocenters. The van der Waals surface area contributed by atoms with Crippen molar-refractivity contribution in [2.45, 2.75) is 46.7 Å². The molecule has 2 aromatic heterocycles. The van der Waals surface area contributed by atoms with Crippen LogP contribution in [0.3, 0.4) is 0 Å². The normalized spacial score (nSPS) is 11.0. The molecular weight excluding hydrogens is 366 g/mol. The second-order valence-electron chi connectivity index (χ2n) is 5.80. The molecule has 1 N–H and O–H groups in total. The zero-order valence-electron chi connectivity index (χ0n) is 16.2. The third-order valence-electron chi connectivity index (χ3n) is 3.73. The molecule has 0 spiro atoms. The number of aromatic nitrogens is 4. The topological polar surface area (TPSA) is 106 Å². The van der Waals surface area contributed by atoms with Crippen molar-refractivity contribution in [1.82, 2.24) is 19.6 Å². The van der Waals surface area contributed by atoms with Gasteiger partial charge in [-0.2, -0.15) is 13.4 Å². The summed E-state index contributed by atoms with van der Waals surface area (Å²) >= 11 is 0. The minimum atomic E-state index is -4.07. The summed E-state index contributed by atoms with van der Waals surface area (Å²) in [6.45, 7) is 10.7. The van der Waals surface area contributed by atoms with E-state index in [0.717, 1.165) is 5.69 Å². The van der Waals surface area contributed by atoms with Gasteiger partial charge in [0.1, 0.15) is 0 Å². The Morgan fingerprint density at radius 1 is 1.11 bits per heavy atom. The van der Waals surface area contributed by atoms with E-state index in [1.807, 2.05) is 13.8 Å². The number of aryl methyl sites for hydroxylation is 3. The first-order valence-electron chi connectivity index (χ1n) is 8.53. The van der Waals surface area contributed by atoms with Gasteiger partial charge in [-0.1, -0.05) is 26.0 Å². The number of sulfonamides is 1. The van der Waals surface area contributed by atoms with Crippen LogP contribution in [0.25, 0.3) is 5.78 Å². The zero-order chi connectivity index (χ0) is 20.4. The Morgan fingerprint density at radius 3 is 2.41 bits per heavy atom. The molecule has 0 saturated heterocycles. The Bertz CT molecular complexity index is 1100. The molecular formula is C18H23N5O3S. The second kappa shape index (κ2) is 7.83. The quantitative estimate of drug-likeness (QED) is 0.687. The average molecular weight is 389 g/mol. The number of Topliss-reactive ketones (excluding diaryl/α,β-unsaturated/α-hetero) is 1. The van der Waals surface area contributed by atoms with Crippen molar-refractivity contribution in [3.05, 3.63) is 46.8 Å². The molecule has 1 aromatic carbocycles. The molecule has 0 aliphatic heterocycles. The van der Waals surface area contributed by atoms with E-state index in [0.29, 0.717) is 11.3 Å². The number of rotatable bonds is 4. The van der Waals surface area contributed by atoms with E-state index in [4.69, 9.17) is 0 Å². The zero-order valence-corrected chi connectivity index (χ0v) is 17.0. The molecule has 0 aliphatic carbocycles. The third-order valence-corrected chi connectivity index (χ3v) is 4.85. The number of nitrogens with zero attached hydrogens (tertiary/aromatic N) is 4. The molecule has 144 valence electrons. The molecule has 0 amide bonds. The minimum absolute atomic E-state index is 0.203. The van der Waals surface area contributed by atoms with E-state index in [2.05, 4.69) is 19.8 Å². The maximum atomic E-state index is 12.7. The van der Waals surface area contributed by atoms with Crippen LogP contribution in [0.1, 0.15) is 48.1 Å². The van der Waals surface area contributed by atoms with Gasteiger partial charge in [-0.05, 0) is 45.4 Å². The van der Waals surface area contributed by atoms with E-state index in [1.54, 1.807) is 45.0 Å². The second-order valence-corrected chi connectivity index (χ2v) is 7.38. The van der Waals surface area contributed by atoms with Gasteiger partial charge < -0.3 is 0 Å². The maximum Gasteiger partial charge on any atom is 0.299 e. The molecule has 8 nitrogen and oxygen atoms in total. The predicted molar refractivity (Wildman–Crippen MR) is 104 cm³/mol. The van der Waals surface area contributed by atoms with Crippen LogP contribution in [0.4, 0.5) is 5.69 Å². The lowest BCUT2D eigenvalue weighted by molar-refractivity contribution is 0.101. The molecule has 3 aromatic rings. The number of carbonyl (C=O) groups excluding carboxylic acids is 1. The summed E-state index contributed by atoms with van der Waals surface area (Å²) in [5.41, 5.74) is 2.58. The number of fused-ring (bicyclic) bond motifs is 1. The van der Waals surface area contributed by atoms with Crippen molar-refractivity contribution >= 4 is 27.3 Å². The molecule has 2 heterocycles. The summed E-state index contributed by atoms with van der Waals surface area (Å²) in [5, 5.41) is 3.64. The molecule has 0 aliphatic rings. The van der Waals surface area contributed by atoms with E-state index in [9.17, 15) is 13.2 Å². The van der Waals surface area contributed by atoms with Gasteiger partial charge in [-0.3, -0.25) is 9.52 Å². The highest BCUT2D eigenvalue weighted by Crippen LogP contribution is 2.24. The van der Waals surface area contributed by atoms with Crippen molar-refractivity contribution in [3.8, 4) is 0 Å². The SMILES string of the molecule is CC.CC(=O)c1cccc(C)c1NS(=O)(=O)c1nc2nc(C)cc(C)n2n1. The number of ketones is 1. The Morgan fingerprint density at radius 2 is 1.78 bits per heavy atom. The van der Waals surface area contributed by atoms with Gasteiger partial charge in [0.05, 0.1) is 5.69 Å². The van der Waals surface area contributed by atoms with Crippen LogP contribution in [-0.4, -0.2) is 33.8 Å². The molecule has 0 bridgehead atoms. The van der Waals surface area contributed by atoms with E-state index >= 15 is 0 Å². The van der Waals surface area contributed by atoms with Crippen LogP contribution >= 0.6 is 0 Å². The first-order valence-corrected chi connectivity index (χ1v) is 10.0. The largest absolute Gasteiger partial charge is 0.299 e. The first-order chi connectivity index (χ1) is 12.7. The minimum Gasteiger partial charge on any atom is -0.294 e. The van der Waals surface area contributed by atoms with Crippen LogP contribution in [0, 0.1) is 20.8 Å². The van der Waals surface area contributed by atoms with Gasteiger partial charge in [0.2, 0.25) is 0 Å². The lowest BCUT2D eigenvalue weighted by Crippen LogP contribution is -2.17. The highest BCUT2D eigenvalue weighted by Gasteiger charge is 2.24. The molecule has 27 heavy (non-hydrogen) atoms. The molecule has 0 fully saturated rings. The highest BCUT2D eigenvalue weighted by atomic mass is 32.2. The summed E-state index contributed by atoms with van der Waals surface area (Å²) in [5.74, 6) is -0.0352. The maximum absolute atomic E-state index is 12.7. The van der Waals surface area contributed by atoms with Gasteiger partial charge in [-0.25, -0.2) is 9.50 Å².